The standard InChI is InChI=1S/C16H17NO2/c1-11-8-9-13(15(10-11)19-3)12-6-4-5-7-14(12)16(18)17-2/h4-10H,1-3H3,(H,17,18). The molecule has 0 spiro atoms. The zero-order valence-electron chi connectivity index (χ0n) is 11.4. The van der Waals surface area contributed by atoms with Crippen LogP contribution in [0.1, 0.15) is 15.9 Å². The second-order valence-electron chi connectivity index (χ2n) is 4.33. The van der Waals surface area contributed by atoms with Crippen molar-refractivity contribution in [3.05, 3.63) is 53.6 Å². The molecule has 98 valence electrons. The SMILES string of the molecule is CNC(=O)c1ccccc1-c1ccc(C)cc1OC. The summed E-state index contributed by atoms with van der Waals surface area (Å²) in [6, 6.07) is 13.5. The van der Waals surface area contributed by atoms with Gasteiger partial charge in [-0.3, -0.25) is 4.79 Å². The number of carbonyl (C=O) groups is 1. The van der Waals surface area contributed by atoms with Crippen molar-refractivity contribution in [3.8, 4) is 16.9 Å². The van der Waals surface area contributed by atoms with Crippen molar-refractivity contribution in [3.63, 3.8) is 0 Å². The lowest BCUT2D eigenvalue weighted by molar-refractivity contribution is 0.0963. The molecule has 2 rings (SSSR count). The third-order valence-electron chi connectivity index (χ3n) is 3.05. The van der Waals surface area contributed by atoms with Crippen LogP contribution in [0.2, 0.25) is 0 Å². The summed E-state index contributed by atoms with van der Waals surface area (Å²) in [6.45, 7) is 2.01. The molecule has 3 nitrogen and oxygen atoms in total. The maximum absolute atomic E-state index is 11.9. The average molecular weight is 255 g/mol. The fourth-order valence-corrected chi connectivity index (χ4v) is 2.07. The summed E-state index contributed by atoms with van der Waals surface area (Å²) >= 11 is 0. The van der Waals surface area contributed by atoms with Gasteiger partial charge in [-0.15, -0.1) is 0 Å². The maximum atomic E-state index is 11.9. The van der Waals surface area contributed by atoms with Gasteiger partial charge >= 0.3 is 0 Å². The average Bonchev–Trinajstić information content (AvgIpc) is 2.46. The van der Waals surface area contributed by atoms with Gasteiger partial charge in [0, 0.05) is 18.2 Å². The molecule has 2 aromatic rings. The van der Waals surface area contributed by atoms with Crippen LogP contribution >= 0.6 is 0 Å². The Labute approximate surface area is 113 Å². The first-order valence-electron chi connectivity index (χ1n) is 6.13. The molecular weight excluding hydrogens is 238 g/mol. The van der Waals surface area contributed by atoms with E-state index in [1.165, 1.54) is 0 Å². The fourth-order valence-electron chi connectivity index (χ4n) is 2.07. The van der Waals surface area contributed by atoms with Crippen LogP contribution in [-0.2, 0) is 0 Å². The van der Waals surface area contributed by atoms with Gasteiger partial charge in [0.15, 0.2) is 0 Å². The largest absolute Gasteiger partial charge is 0.496 e. The van der Waals surface area contributed by atoms with E-state index in [-0.39, 0.29) is 5.91 Å². The minimum absolute atomic E-state index is 0.0989. The first kappa shape index (κ1) is 13.1. The van der Waals surface area contributed by atoms with Crippen molar-refractivity contribution in [2.45, 2.75) is 6.92 Å². The molecule has 0 aliphatic rings. The summed E-state index contributed by atoms with van der Waals surface area (Å²) in [7, 11) is 3.27. The normalized spacial score (nSPS) is 10.1. The lowest BCUT2D eigenvalue weighted by atomic mass is 9.97. The number of amides is 1. The van der Waals surface area contributed by atoms with Crippen molar-refractivity contribution in [1.82, 2.24) is 5.32 Å². The summed E-state index contributed by atoms with van der Waals surface area (Å²) in [5, 5.41) is 2.66. The van der Waals surface area contributed by atoms with E-state index in [0.29, 0.717) is 5.56 Å². The first-order valence-corrected chi connectivity index (χ1v) is 6.13. The molecule has 2 aromatic carbocycles. The van der Waals surface area contributed by atoms with Crippen molar-refractivity contribution in [2.75, 3.05) is 14.2 Å². The summed E-state index contributed by atoms with van der Waals surface area (Å²) < 4.78 is 5.42. The fraction of sp³-hybridized carbons (Fsp3) is 0.188. The van der Waals surface area contributed by atoms with E-state index < -0.39 is 0 Å². The minimum atomic E-state index is -0.0989. The van der Waals surface area contributed by atoms with Crippen LogP contribution in [0.25, 0.3) is 11.1 Å². The first-order chi connectivity index (χ1) is 9.17. The number of hydrogen-bond donors (Lipinski definition) is 1. The Hall–Kier alpha value is -2.29. The van der Waals surface area contributed by atoms with Crippen molar-refractivity contribution < 1.29 is 9.53 Å². The lowest BCUT2D eigenvalue weighted by Crippen LogP contribution is -2.18. The number of aryl methyl sites for hydroxylation is 1. The summed E-state index contributed by atoms with van der Waals surface area (Å²) in [6.07, 6.45) is 0. The zero-order chi connectivity index (χ0) is 13.8. The predicted molar refractivity (Wildman–Crippen MR) is 76.6 cm³/mol. The van der Waals surface area contributed by atoms with E-state index in [4.69, 9.17) is 4.74 Å². The highest BCUT2D eigenvalue weighted by Crippen LogP contribution is 2.33. The van der Waals surface area contributed by atoms with E-state index in [1.807, 2.05) is 49.4 Å². The number of rotatable bonds is 3. The molecule has 1 N–H and O–H groups in total. The molecule has 0 radical (unpaired) electrons. The van der Waals surface area contributed by atoms with Gasteiger partial charge in [-0.2, -0.15) is 0 Å². The molecule has 0 saturated heterocycles. The number of methoxy groups -OCH3 is 1. The van der Waals surface area contributed by atoms with Crippen LogP contribution in [0, 0.1) is 6.92 Å². The van der Waals surface area contributed by atoms with E-state index >= 15 is 0 Å². The Bertz CT molecular complexity index is 605. The van der Waals surface area contributed by atoms with E-state index in [1.54, 1.807) is 14.2 Å². The van der Waals surface area contributed by atoms with Crippen molar-refractivity contribution >= 4 is 5.91 Å². The Balaban J connectivity index is 2.62. The Kier molecular flexibility index (Phi) is 3.85. The molecule has 19 heavy (non-hydrogen) atoms. The molecule has 0 aromatic heterocycles. The molecule has 0 saturated carbocycles. The third-order valence-corrected chi connectivity index (χ3v) is 3.05. The molecule has 1 amide bonds. The van der Waals surface area contributed by atoms with Crippen LogP contribution in [-0.4, -0.2) is 20.1 Å². The number of benzene rings is 2. The second kappa shape index (κ2) is 5.57. The molecular formula is C16H17NO2. The van der Waals surface area contributed by atoms with Gasteiger partial charge in [-0.05, 0) is 30.2 Å². The second-order valence-corrected chi connectivity index (χ2v) is 4.33. The third kappa shape index (κ3) is 2.60. The molecule has 0 fully saturated rings. The highest BCUT2D eigenvalue weighted by Gasteiger charge is 2.14. The van der Waals surface area contributed by atoms with E-state index in [0.717, 1.165) is 22.4 Å². The van der Waals surface area contributed by atoms with Gasteiger partial charge in [0.1, 0.15) is 5.75 Å². The number of nitrogens with one attached hydrogen (secondary N) is 1. The van der Waals surface area contributed by atoms with Gasteiger partial charge < -0.3 is 10.1 Å². The highest BCUT2D eigenvalue weighted by molar-refractivity contribution is 6.01. The van der Waals surface area contributed by atoms with Gasteiger partial charge in [0.25, 0.3) is 5.91 Å². The topological polar surface area (TPSA) is 38.3 Å². The van der Waals surface area contributed by atoms with Crippen LogP contribution in [0.3, 0.4) is 0 Å². The van der Waals surface area contributed by atoms with Crippen LogP contribution < -0.4 is 10.1 Å². The van der Waals surface area contributed by atoms with Crippen LogP contribution in [0.5, 0.6) is 5.75 Å². The van der Waals surface area contributed by atoms with Crippen LogP contribution in [0.4, 0.5) is 0 Å². The Morgan fingerprint density at radius 1 is 1.11 bits per heavy atom. The van der Waals surface area contributed by atoms with E-state index in [9.17, 15) is 4.79 Å². The molecule has 0 aliphatic heterocycles. The monoisotopic (exact) mass is 255 g/mol. The van der Waals surface area contributed by atoms with Crippen LogP contribution in [0.15, 0.2) is 42.5 Å². The predicted octanol–water partition coefficient (Wildman–Crippen LogP) is 3.03. The molecule has 0 atom stereocenters. The molecule has 0 bridgehead atoms. The summed E-state index contributed by atoms with van der Waals surface area (Å²) in [5.41, 5.74) is 3.57. The maximum Gasteiger partial charge on any atom is 0.251 e. The smallest absolute Gasteiger partial charge is 0.251 e. The number of ether oxygens (including phenoxy) is 1. The zero-order valence-corrected chi connectivity index (χ0v) is 11.4. The van der Waals surface area contributed by atoms with Gasteiger partial charge in [0.05, 0.1) is 7.11 Å². The number of carbonyl (C=O) groups excluding carboxylic acids is 1. The molecule has 3 heteroatoms. The van der Waals surface area contributed by atoms with Gasteiger partial charge in [0.2, 0.25) is 0 Å². The minimum Gasteiger partial charge on any atom is -0.496 e. The molecule has 0 unspecified atom stereocenters. The summed E-state index contributed by atoms with van der Waals surface area (Å²) in [4.78, 5) is 11.9. The number of hydrogen-bond acceptors (Lipinski definition) is 2. The van der Waals surface area contributed by atoms with Crippen molar-refractivity contribution in [2.24, 2.45) is 0 Å². The van der Waals surface area contributed by atoms with Crippen molar-refractivity contribution in [1.29, 1.82) is 0 Å². The molecule has 0 heterocycles. The summed E-state index contributed by atoms with van der Waals surface area (Å²) in [5.74, 6) is 0.676. The van der Waals surface area contributed by atoms with Gasteiger partial charge in [-0.25, -0.2) is 0 Å². The highest BCUT2D eigenvalue weighted by atomic mass is 16.5. The van der Waals surface area contributed by atoms with Gasteiger partial charge in [-0.1, -0.05) is 30.3 Å². The Morgan fingerprint density at radius 3 is 2.53 bits per heavy atom. The Morgan fingerprint density at radius 2 is 1.84 bits per heavy atom. The quantitative estimate of drug-likeness (QED) is 0.915. The molecule has 0 aliphatic carbocycles. The lowest BCUT2D eigenvalue weighted by Gasteiger charge is -2.13. The van der Waals surface area contributed by atoms with E-state index in [2.05, 4.69) is 5.32 Å².